The van der Waals surface area contributed by atoms with Crippen molar-refractivity contribution in [1.82, 2.24) is 24.3 Å². The summed E-state index contributed by atoms with van der Waals surface area (Å²) >= 11 is 12.7. The average molecular weight is 443 g/mol. The van der Waals surface area contributed by atoms with Crippen LogP contribution in [0.1, 0.15) is 24.2 Å². The molecule has 3 aromatic rings. The molecular formula is C16H16Cl2N6O3S. The maximum absolute atomic E-state index is 12.3. The third kappa shape index (κ3) is 4.03. The number of amides is 1. The minimum atomic E-state index is -3.75. The van der Waals surface area contributed by atoms with E-state index in [0.29, 0.717) is 22.1 Å². The van der Waals surface area contributed by atoms with Gasteiger partial charge in [-0.1, -0.05) is 23.2 Å². The van der Waals surface area contributed by atoms with E-state index in [-0.39, 0.29) is 22.4 Å². The first-order valence-corrected chi connectivity index (χ1v) is 10.7. The van der Waals surface area contributed by atoms with Gasteiger partial charge >= 0.3 is 0 Å². The topological polar surface area (TPSA) is 118 Å². The number of carbonyl (C=O) groups excluding carboxylic acids is 1. The molecule has 1 amide bonds. The molecule has 3 heterocycles. The lowest BCUT2D eigenvalue weighted by atomic mass is 10.2. The monoisotopic (exact) mass is 442 g/mol. The summed E-state index contributed by atoms with van der Waals surface area (Å²) in [6.07, 6.45) is 3.66. The molecular weight excluding hydrogens is 427 g/mol. The molecule has 3 rings (SSSR count). The van der Waals surface area contributed by atoms with E-state index in [4.69, 9.17) is 23.2 Å². The summed E-state index contributed by atoms with van der Waals surface area (Å²) in [7, 11) is -3.75. The van der Waals surface area contributed by atoms with Crippen molar-refractivity contribution in [2.75, 3.05) is 11.6 Å². The Bertz CT molecular complexity index is 1180. The van der Waals surface area contributed by atoms with Crippen LogP contribution in [-0.2, 0) is 10.0 Å². The van der Waals surface area contributed by atoms with E-state index in [9.17, 15) is 13.2 Å². The fraction of sp³-hybridized carbons (Fsp3) is 0.250. The second-order valence-electron chi connectivity index (χ2n) is 6.26. The molecule has 9 nitrogen and oxygen atoms in total. The van der Waals surface area contributed by atoms with E-state index in [1.807, 2.05) is 18.6 Å². The van der Waals surface area contributed by atoms with Crippen molar-refractivity contribution >= 4 is 50.6 Å². The van der Waals surface area contributed by atoms with Crippen molar-refractivity contribution in [2.24, 2.45) is 0 Å². The maximum atomic E-state index is 12.3. The highest BCUT2D eigenvalue weighted by Gasteiger charge is 2.25. The van der Waals surface area contributed by atoms with Gasteiger partial charge < -0.3 is 5.32 Å². The number of halogens is 2. The Morgan fingerprint density at radius 1 is 1.29 bits per heavy atom. The van der Waals surface area contributed by atoms with Crippen LogP contribution in [-0.4, -0.2) is 46.2 Å². The SMILES string of the molecule is CC(C)Nc1c(-c2ncccc2Cl)c(Cl)nc2c(C(=O)NS(C)(=O)=O)cnn12. The van der Waals surface area contributed by atoms with Crippen LogP contribution in [0.2, 0.25) is 10.2 Å². The molecule has 0 aliphatic heterocycles. The Morgan fingerprint density at radius 2 is 2.00 bits per heavy atom. The number of aromatic nitrogens is 4. The molecule has 148 valence electrons. The van der Waals surface area contributed by atoms with E-state index < -0.39 is 15.9 Å². The Morgan fingerprint density at radius 3 is 2.61 bits per heavy atom. The second kappa shape index (κ2) is 7.53. The number of sulfonamides is 1. The smallest absolute Gasteiger partial charge is 0.270 e. The van der Waals surface area contributed by atoms with E-state index >= 15 is 0 Å². The molecule has 28 heavy (non-hydrogen) atoms. The van der Waals surface area contributed by atoms with Gasteiger partial charge in [0.05, 0.1) is 28.7 Å². The van der Waals surface area contributed by atoms with Gasteiger partial charge in [0.2, 0.25) is 10.0 Å². The normalized spacial score (nSPS) is 11.8. The summed E-state index contributed by atoms with van der Waals surface area (Å²) < 4.78 is 26.0. The van der Waals surface area contributed by atoms with Crippen LogP contribution >= 0.6 is 23.2 Å². The molecule has 0 aliphatic carbocycles. The molecule has 0 bridgehead atoms. The highest BCUT2D eigenvalue weighted by Crippen LogP contribution is 2.37. The minimum Gasteiger partial charge on any atom is -0.367 e. The van der Waals surface area contributed by atoms with E-state index in [0.717, 1.165) is 6.26 Å². The third-order valence-corrected chi connectivity index (χ3v) is 4.68. The van der Waals surface area contributed by atoms with Gasteiger partial charge in [0.15, 0.2) is 5.65 Å². The number of nitrogens with zero attached hydrogens (tertiary/aromatic N) is 4. The van der Waals surface area contributed by atoms with E-state index in [1.165, 1.54) is 10.7 Å². The lowest BCUT2D eigenvalue weighted by Gasteiger charge is -2.17. The minimum absolute atomic E-state index is 0.0274. The Balaban J connectivity index is 2.28. The quantitative estimate of drug-likeness (QED) is 0.582. The molecule has 3 aromatic heterocycles. The van der Waals surface area contributed by atoms with Gasteiger partial charge in [0.1, 0.15) is 16.5 Å². The van der Waals surface area contributed by atoms with E-state index in [2.05, 4.69) is 20.4 Å². The van der Waals surface area contributed by atoms with Crippen molar-refractivity contribution in [2.45, 2.75) is 19.9 Å². The van der Waals surface area contributed by atoms with Gasteiger partial charge in [-0.3, -0.25) is 9.78 Å². The highest BCUT2D eigenvalue weighted by molar-refractivity contribution is 7.89. The summed E-state index contributed by atoms with van der Waals surface area (Å²) in [5.74, 6) is -0.441. The molecule has 0 unspecified atom stereocenters. The van der Waals surface area contributed by atoms with Crippen molar-refractivity contribution in [1.29, 1.82) is 0 Å². The van der Waals surface area contributed by atoms with Gasteiger partial charge in [0, 0.05) is 12.2 Å². The van der Waals surface area contributed by atoms with Crippen molar-refractivity contribution in [3.05, 3.63) is 40.3 Å². The number of nitrogens with one attached hydrogen (secondary N) is 2. The summed E-state index contributed by atoms with van der Waals surface area (Å²) in [6.45, 7) is 3.81. The van der Waals surface area contributed by atoms with Crippen LogP contribution in [0.25, 0.3) is 16.9 Å². The van der Waals surface area contributed by atoms with Gasteiger partial charge in [-0.25, -0.2) is 18.1 Å². The third-order valence-electron chi connectivity index (χ3n) is 3.55. The number of hydrogen-bond acceptors (Lipinski definition) is 7. The van der Waals surface area contributed by atoms with Gasteiger partial charge in [-0.2, -0.15) is 9.61 Å². The average Bonchev–Trinajstić information content (AvgIpc) is 2.98. The number of rotatable bonds is 5. The number of hydrogen-bond donors (Lipinski definition) is 2. The molecule has 0 aromatic carbocycles. The number of fused-ring (bicyclic) bond motifs is 1. The summed E-state index contributed by atoms with van der Waals surface area (Å²) in [5.41, 5.74) is 0.846. The fourth-order valence-electron chi connectivity index (χ4n) is 2.54. The maximum Gasteiger partial charge on any atom is 0.270 e. The second-order valence-corrected chi connectivity index (χ2v) is 8.77. The molecule has 0 atom stereocenters. The number of carbonyl (C=O) groups is 1. The lowest BCUT2D eigenvalue weighted by Crippen LogP contribution is -2.29. The van der Waals surface area contributed by atoms with Crippen LogP contribution in [0.3, 0.4) is 0 Å². The Hall–Kier alpha value is -2.43. The predicted molar refractivity (Wildman–Crippen MR) is 107 cm³/mol. The number of anilines is 1. The van der Waals surface area contributed by atoms with Crippen LogP contribution in [0, 0.1) is 0 Å². The van der Waals surface area contributed by atoms with Crippen molar-refractivity contribution in [3.8, 4) is 11.3 Å². The number of pyridine rings is 1. The van der Waals surface area contributed by atoms with Crippen molar-refractivity contribution < 1.29 is 13.2 Å². The Kier molecular flexibility index (Phi) is 5.46. The summed E-state index contributed by atoms with van der Waals surface area (Å²) in [5, 5.41) is 7.79. The molecule has 2 N–H and O–H groups in total. The molecule has 0 aliphatic rings. The van der Waals surface area contributed by atoms with Crippen LogP contribution < -0.4 is 10.0 Å². The van der Waals surface area contributed by atoms with Crippen LogP contribution in [0.4, 0.5) is 5.82 Å². The highest BCUT2D eigenvalue weighted by atomic mass is 35.5. The molecule has 12 heteroatoms. The van der Waals surface area contributed by atoms with Crippen molar-refractivity contribution in [3.63, 3.8) is 0 Å². The first-order valence-electron chi connectivity index (χ1n) is 8.05. The van der Waals surface area contributed by atoms with Crippen LogP contribution in [0.5, 0.6) is 0 Å². The predicted octanol–water partition coefficient (Wildman–Crippen LogP) is 2.61. The first kappa shape index (κ1) is 20.3. The first-order chi connectivity index (χ1) is 13.1. The Labute approximate surface area is 171 Å². The zero-order chi connectivity index (χ0) is 20.6. The van der Waals surface area contributed by atoms with Gasteiger partial charge in [-0.05, 0) is 26.0 Å². The largest absolute Gasteiger partial charge is 0.367 e. The van der Waals surface area contributed by atoms with Gasteiger partial charge in [-0.15, -0.1) is 0 Å². The fourth-order valence-corrected chi connectivity index (χ4v) is 3.46. The van der Waals surface area contributed by atoms with Crippen LogP contribution in [0.15, 0.2) is 24.5 Å². The molecule has 0 spiro atoms. The lowest BCUT2D eigenvalue weighted by molar-refractivity contribution is 0.0983. The zero-order valence-corrected chi connectivity index (χ0v) is 17.4. The zero-order valence-electron chi connectivity index (χ0n) is 15.1. The standard InChI is InChI=1S/C16H16Cl2N6O3S/c1-8(2)21-15-11(12-10(17)5-4-6-19-12)13(18)22-14-9(7-20-24(14)15)16(25)23-28(3,26)27/h4-8,21H,1-3H3,(H,23,25). The molecule has 0 fully saturated rings. The molecule has 0 saturated heterocycles. The molecule has 0 radical (unpaired) electrons. The van der Waals surface area contributed by atoms with E-state index in [1.54, 1.807) is 18.3 Å². The molecule has 0 saturated carbocycles. The van der Waals surface area contributed by atoms with Gasteiger partial charge in [0.25, 0.3) is 5.91 Å². The summed E-state index contributed by atoms with van der Waals surface area (Å²) in [4.78, 5) is 20.8. The summed E-state index contributed by atoms with van der Waals surface area (Å²) in [6, 6.07) is 3.32.